The quantitative estimate of drug-likeness (QED) is 0.484. The van der Waals surface area contributed by atoms with Crippen molar-refractivity contribution in [2.75, 3.05) is 0 Å². The Morgan fingerprint density at radius 3 is 2.38 bits per heavy atom. The fourth-order valence-electron chi connectivity index (χ4n) is 1.83. The average Bonchev–Trinajstić information content (AvgIpc) is 2.15. The summed E-state index contributed by atoms with van der Waals surface area (Å²) in [6.45, 7) is 3.49. The van der Waals surface area contributed by atoms with Crippen molar-refractivity contribution in [2.45, 2.75) is 46.0 Å². The van der Waals surface area contributed by atoms with Crippen molar-refractivity contribution >= 4 is 5.97 Å². The van der Waals surface area contributed by atoms with Gasteiger partial charge in [0.05, 0.1) is 6.26 Å². The molecule has 1 fully saturated rings. The SMILES string of the molecule is CC(=O)O/C=C(\C)C1CCCCC1. The lowest BCUT2D eigenvalue weighted by atomic mass is 9.85. The number of carbonyl (C=O) groups excluding carboxylic acids is 1. The van der Waals surface area contributed by atoms with Crippen molar-refractivity contribution in [2.24, 2.45) is 5.92 Å². The van der Waals surface area contributed by atoms with E-state index in [1.54, 1.807) is 6.26 Å². The Kier molecular flexibility index (Phi) is 4.00. The van der Waals surface area contributed by atoms with E-state index < -0.39 is 0 Å². The zero-order valence-electron chi connectivity index (χ0n) is 8.51. The van der Waals surface area contributed by atoms with E-state index in [1.807, 2.05) is 0 Å². The highest BCUT2D eigenvalue weighted by Gasteiger charge is 2.14. The minimum absolute atomic E-state index is 0.227. The smallest absolute Gasteiger partial charge is 0.307 e. The number of allylic oxidation sites excluding steroid dienone is 1. The van der Waals surface area contributed by atoms with Crippen molar-refractivity contribution < 1.29 is 9.53 Å². The number of rotatable bonds is 2. The highest BCUT2D eigenvalue weighted by atomic mass is 16.5. The Morgan fingerprint density at radius 1 is 1.23 bits per heavy atom. The third-order valence-corrected chi connectivity index (χ3v) is 2.66. The molecule has 0 aromatic rings. The second kappa shape index (κ2) is 5.05. The molecule has 0 spiro atoms. The van der Waals surface area contributed by atoms with E-state index in [0.29, 0.717) is 5.92 Å². The standard InChI is InChI=1S/C11H18O2/c1-9(8-13-10(2)12)11-6-4-3-5-7-11/h8,11H,3-7H2,1-2H3/b9-8+. The van der Waals surface area contributed by atoms with Gasteiger partial charge in [0.15, 0.2) is 0 Å². The van der Waals surface area contributed by atoms with Gasteiger partial charge in [0.25, 0.3) is 0 Å². The largest absolute Gasteiger partial charge is 0.435 e. The van der Waals surface area contributed by atoms with Gasteiger partial charge in [-0.25, -0.2) is 0 Å². The number of ether oxygens (including phenoxy) is 1. The van der Waals surface area contributed by atoms with Gasteiger partial charge in [-0.2, -0.15) is 0 Å². The molecule has 2 nitrogen and oxygen atoms in total. The molecule has 0 N–H and O–H groups in total. The van der Waals surface area contributed by atoms with Crippen LogP contribution in [0.15, 0.2) is 11.8 Å². The average molecular weight is 182 g/mol. The first kappa shape index (κ1) is 10.3. The topological polar surface area (TPSA) is 26.3 Å². The number of hydrogen-bond donors (Lipinski definition) is 0. The summed E-state index contributed by atoms with van der Waals surface area (Å²) in [5.74, 6) is 0.420. The van der Waals surface area contributed by atoms with Gasteiger partial charge in [0.2, 0.25) is 0 Å². The van der Waals surface area contributed by atoms with Crippen LogP contribution in [-0.2, 0) is 9.53 Å². The molecule has 0 unspecified atom stereocenters. The Labute approximate surface area is 80.0 Å². The van der Waals surface area contributed by atoms with E-state index in [9.17, 15) is 4.79 Å². The fraction of sp³-hybridized carbons (Fsp3) is 0.727. The molecule has 0 saturated heterocycles. The molecule has 0 amide bonds. The predicted octanol–water partition coefficient (Wildman–Crippen LogP) is 3.03. The predicted molar refractivity (Wildman–Crippen MR) is 52.1 cm³/mol. The second-order valence-corrected chi connectivity index (χ2v) is 3.81. The van der Waals surface area contributed by atoms with Gasteiger partial charge < -0.3 is 4.74 Å². The molecule has 13 heavy (non-hydrogen) atoms. The van der Waals surface area contributed by atoms with Crippen molar-refractivity contribution in [1.82, 2.24) is 0 Å². The van der Waals surface area contributed by atoms with Gasteiger partial charge in [-0.15, -0.1) is 0 Å². The van der Waals surface area contributed by atoms with E-state index in [1.165, 1.54) is 44.6 Å². The Bertz CT molecular complexity index is 200. The van der Waals surface area contributed by atoms with Gasteiger partial charge in [-0.1, -0.05) is 19.3 Å². The minimum Gasteiger partial charge on any atom is -0.435 e. The van der Waals surface area contributed by atoms with Crippen LogP contribution in [0.2, 0.25) is 0 Å². The van der Waals surface area contributed by atoms with Crippen LogP contribution >= 0.6 is 0 Å². The van der Waals surface area contributed by atoms with Crippen LogP contribution in [-0.4, -0.2) is 5.97 Å². The summed E-state index contributed by atoms with van der Waals surface area (Å²) in [6, 6.07) is 0. The van der Waals surface area contributed by atoms with E-state index in [0.717, 1.165) is 0 Å². The van der Waals surface area contributed by atoms with Gasteiger partial charge in [0, 0.05) is 6.92 Å². The molecule has 1 aliphatic rings. The van der Waals surface area contributed by atoms with E-state index in [-0.39, 0.29) is 5.97 Å². The van der Waals surface area contributed by atoms with E-state index in [2.05, 4.69) is 6.92 Å². The van der Waals surface area contributed by atoms with Crippen LogP contribution in [0.25, 0.3) is 0 Å². The molecule has 0 radical (unpaired) electrons. The Morgan fingerprint density at radius 2 is 1.85 bits per heavy atom. The first-order valence-electron chi connectivity index (χ1n) is 5.04. The van der Waals surface area contributed by atoms with Crippen LogP contribution in [0, 0.1) is 5.92 Å². The fourth-order valence-corrected chi connectivity index (χ4v) is 1.83. The highest BCUT2D eigenvalue weighted by Crippen LogP contribution is 2.29. The molecule has 1 rings (SSSR count). The van der Waals surface area contributed by atoms with Crippen molar-refractivity contribution in [3.05, 3.63) is 11.8 Å². The molecule has 0 atom stereocenters. The van der Waals surface area contributed by atoms with Crippen LogP contribution in [0.4, 0.5) is 0 Å². The van der Waals surface area contributed by atoms with Crippen LogP contribution in [0.1, 0.15) is 46.0 Å². The van der Waals surface area contributed by atoms with Crippen molar-refractivity contribution in [1.29, 1.82) is 0 Å². The number of esters is 1. The van der Waals surface area contributed by atoms with Gasteiger partial charge in [-0.3, -0.25) is 4.79 Å². The summed E-state index contributed by atoms with van der Waals surface area (Å²) in [7, 11) is 0. The summed E-state index contributed by atoms with van der Waals surface area (Å²) in [4.78, 5) is 10.6. The third-order valence-electron chi connectivity index (χ3n) is 2.66. The van der Waals surface area contributed by atoms with Crippen LogP contribution in [0.5, 0.6) is 0 Å². The van der Waals surface area contributed by atoms with E-state index >= 15 is 0 Å². The molecular formula is C11H18O2. The normalized spacial score (nSPS) is 20.0. The lowest BCUT2D eigenvalue weighted by molar-refractivity contribution is -0.135. The monoisotopic (exact) mass is 182 g/mol. The molecule has 0 aliphatic heterocycles. The zero-order chi connectivity index (χ0) is 9.68. The summed E-state index contributed by atoms with van der Waals surface area (Å²) >= 11 is 0. The minimum atomic E-state index is -0.227. The second-order valence-electron chi connectivity index (χ2n) is 3.81. The molecule has 1 aliphatic carbocycles. The van der Waals surface area contributed by atoms with Crippen LogP contribution < -0.4 is 0 Å². The maximum absolute atomic E-state index is 10.6. The van der Waals surface area contributed by atoms with Gasteiger partial charge in [-0.05, 0) is 31.3 Å². The van der Waals surface area contributed by atoms with Crippen molar-refractivity contribution in [3.8, 4) is 0 Å². The number of hydrogen-bond acceptors (Lipinski definition) is 2. The van der Waals surface area contributed by atoms with Crippen LogP contribution in [0.3, 0.4) is 0 Å². The molecule has 0 bridgehead atoms. The number of carbonyl (C=O) groups is 1. The summed E-state index contributed by atoms with van der Waals surface area (Å²) in [5, 5.41) is 0. The lowest BCUT2D eigenvalue weighted by Crippen LogP contribution is -2.08. The van der Waals surface area contributed by atoms with E-state index in [4.69, 9.17) is 4.74 Å². The Hall–Kier alpha value is -0.790. The van der Waals surface area contributed by atoms with Crippen molar-refractivity contribution in [3.63, 3.8) is 0 Å². The summed E-state index contributed by atoms with van der Waals surface area (Å²) < 4.78 is 4.86. The molecule has 1 saturated carbocycles. The Balaban J connectivity index is 2.39. The zero-order valence-corrected chi connectivity index (χ0v) is 8.51. The first-order chi connectivity index (χ1) is 6.20. The molecule has 2 heteroatoms. The third kappa shape index (κ3) is 3.62. The molecule has 0 heterocycles. The lowest BCUT2D eigenvalue weighted by Gasteiger charge is -2.21. The highest BCUT2D eigenvalue weighted by molar-refractivity contribution is 5.66. The summed E-state index contributed by atoms with van der Waals surface area (Å²) in [5.41, 5.74) is 1.22. The maximum atomic E-state index is 10.6. The van der Waals surface area contributed by atoms with Gasteiger partial charge in [0.1, 0.15) is 0 Å². The first-order valence-corrected chi connectivity index (χ1v) is 5.04. The van der Waals surface area contributed by atoms with Gasteiger partial charge >= 0.3 is 5.97 Å². The molecule has 0 aromatic heterocycles. The maximum Gasteiger partial charge on any atom is 0.307 e. The molecular weight excluding hydrogens is 164 g/mol. The molecule has 74 valence electrons. The summed E-state index contributed by atoms with van der Waals surface area (Å²) in [6.07, 6.45) is 8.12. The molecule has 0 aromatic carbocycles.